The second-order valence-corrected chi connectivity index (χ2v) is 8.50. The topological polar surface area (TPSA) is 126 Å². The lowest BCUT2D eigenvalue weighted by Crippen LogP contribution is -2.44. The summed E-state index contributed by atoms with van der Waals surface area (Å²) in [6.45, 7) is 0.168. The minimum atomic E-state index is -0.736. The molecule has 0 saturated heterocycles. The monoisotopic (exact) mass is 498 g/mol. The Kier molecular flexibility index (Phi) is 7.13. The summed E-state index contributed by atoms with van der Waals surface area (Å²) in [5.41, 5.74) is 8.42. The van der Waals surface area contributed by atoms with Gasteiger partial charge in [-0.2, -0.15) is 5.10 Å². The van der Waals surface area contributed by atoms with Crippen molar-refractivity contribution in [3.63, 3.8) is 0 Å². The Morgan fingerprint density at radius 2 is 2.06 bits per heavy atom. The molecule has 1 aliphatic heterocycles. The molecular formula is C24H24ClFN6O3. The number of nitrogens with two attached hydrogens (primary N) is 1. The summed E-state index contributed by atoms with van der Waals surface area (Å²) >= 11 is 5.94. The van der Waals surface area contributed by atoms with Crippen molar-refractivity contribution in [3.05, 3.63) is 70.1 Å². The van der Waals surface area contributed by atoms with Crippen LogP contribution in [0, 0.1) is 5.82 Å². The molecule has 0 radical (unpaired) electrons. The number of anilines is 1. The third-order valence-corrected chi connectivity index (χ3v) is 6.05. The van der Waals surface area contributed by atoms with Gasteiger partial charge in [0.1, 0.15) is 11.5 Å². The number of halogens is 2. The molecule has 4 N–H and O–H groups in total. The van der Waals surface area contributed by atoms with Crippen molar-refractivity contribution in [2.45, 2.75) is 19.0 Å². The third-order valence-electron chi connectivity index (χ3n) is 5.76. The molecule has 4 rings (SSSR count). The molecule has 11 heteroatoms. The standard InChI is InChI=1S/C24H24ClFN6O3/c1-28-11-14-2-5-16(6-3-14)29-24(35)31-12-17(8-9-33)32-20(13-31)21(23(27)34)22(30-32)15-4-7-19(26)18(25)10-15/h2-7,10-11,17,33H,8-9,12-13H2,1H3,(H2,27,34)(H,29,35). The summed E-state index contributed by atoms with van der Waals surface area (Å²) in [6, 6.07) is 10.4. The van der Waals surface area contributed by atoms with E-state index in [0.29, 0.717) is 23.4 Å². The summed E-state index contributed by atoms with van der Waals surface area (Å²) in [5, 5.41) is 16.9. The second-order valence-electron chi connectivity index (χ2n) is 8.09. The van der Waals surface area contributed by atoms with Crippen LogP contribution in [0.4, 0.5) is 14.9 Å². The Hall–Kier alpha value is -3.76. The molecule has 0 saturated carbocycles. The van der Waals surface area contributed by atoms with Crippen LogP contribution < -0.4 is 11.1 Å². The minimum absolute atomic E-state index is 0.0640. The van der Waals surface area contributed by atoms with Crippen molar-refractivity contribution in [3.8, 4) is 11.3 Å². The molecule has 2 aromatic carbocycles. The third kappa shape index (κ3) is 5.03. The van der Waals surface area contributed by atoms with Gasteiger partial charge in [0.2, 0.25) is 0 Å². The number of primary amides is 1. The number of aromatic nitrogens is 2. The molecule has 2 heterocycles. The zero-order chi connectivity index (χ0) is 25.1. The predicted molar refractivity (Wildman–Crippen MR) is 131 cm³/mol. The molecule has 1 aromatic heterocycles. The number of benzene rings is 2. The molecule has 3 aromatic rings. The van der Waals surface area contributed by atoms with Crippen molar-refractivity contribution < 1.29 is 19.1 Å². The van der Waals surface area contributed by atoms with Crippen LogP contribution in [0.15, 0.2) is 47.5 Å². The lowest BCUT2D eigenvalue weighted by Gasteiger charge is -2.34. The van der Waals surface area contributed by atoms with Gasteiger partial charge in [-0.3, -0.25) is 14.5 Å². The highest BCUT2D eigenvalue weighted by Crippen LogP contribution is 2.34. The van der Waals surface area contributed by atoms with Gasteiger partial charge in [-0.05, 0) is 42.3 Å². The largest absolute Gasteiger partial charge is 0.396 e. The number of carbonyl (C=O) groups excluding carboxylic acids is 2. The molecule has 0 fully saturated rings. The predicted octanol–water partition coefficient (Wildman–Crippen LogP) is 3.46. The quantitative estimate of drug-likeness (QED) is 0.450. The highest BCUT2D eigenvalue weighted by molar-refractivity contribution is 6.31. The van der Waals surface area contributed by atoms with E-state index in [1.54, 1.807) is 30.1 Å². The highest BCUT2D eigenvalue weighted by atomic mass is 35.5. The van der Waals surface area contributed by atoms with Gasteiger partial charge in [0.05, 0.1) is 28.9 Å². The van der Waals surface area contributed by atoms with E-state index in [1.165, 1.54) is 23.1 Å². The minimum Gasteiger partial charge on any atom is -0.396 e. The smallest absolute Gasteiger partial charge is 0.322 e. The van der Waals surface area contributed by atoms with Gasteiger partial charge in [0.25, 0.3) is 5.91 Å². The molecule has 1 atom stereocenters. The van der Waals surface area contributed by atoms with Crippen LogP contribution in [0.25, 0.3) is 11.3 Å². The number of urea groups is 1. The number of hydrogen-bond acceptors (Lipinski definition) is 5. The maximum atomic E-state index is 13.7. The number of aliphatic imine (C=N–C) groups is 1. The Balaban J connectivity index is 1.68. The van der Waals surface area contributed by atoms with Crippen LogP contribution in [0.5, 0.6) is 0 Å². The summed E-state index contributed by atoms with van der Waals surface area (Å²) in [5.74, 6) is -1.34. The molecule has 0 spiro atoms. The van der Waals surface area contributed by atoms with E-state index >= 15 is 0 Å². The molecule has 0 bridgehead atoms. The Labute approximate surface area is 206 Å². The molecule has 182 valence electrons. The average molecular weight is 499 g/mol. The van der Waals surface area contributed by atoms with E-state index < -0.39 is 17.8 Å². The first-order valence-corrected chi connectivity index (χ1v) is 11.3. The molecular weight excluding hydrogens is 475 g/mol. The normalized spacial score (nSPS) is 15.3. The van der Waals surface area contributed by atoms with E-state index in [0.717, 1.165) is 5.56 Å². The second kappa shape index (κ2) is 10.2. The number of aliphatic hydroxyl groups excluding tert-OH is 1. The van der Waals surface area contributed by atoms with E-state index in [4.69, 9.17) is 17.3 Å². The van der Waals surface area contributed by atoms with E-state index in [9.17, 15) is 19.1 Å². The zero-order valence-electron chi connectivity index (χ0n) is 18.9. The van der Waals surface area contributed by atoms with Gasteiger partial charge in [-0.25, -0.2) is 9.18 Å². The first-order valence-electron chi connectivity index (χ1n) is 10.9. The number of fused-ring (bicyclic) bond motifs is 1. The highest BCUT2D eigenvalue weighted by Gasteiger charge is 2.34. The van der Waals surface area contributed by atoms with Gasteiger partial charge in [-0.1, -0.05) is 23.7 Å². The average Bonchev–Trinajstić information content (AvgIpc) is 3.22. The van der Waals surface area contributed by atoms with Crippen LogP contribution in [0.3, 0.4) is 0 Å². The lowest BCUT2D eigenvalue weighted by atomic mass is 10.0. The number of nitrogens with zero attached hydrogens (tertiary/aromatic N) is 4. The van der Waals surface area contributed by atoms with E-state index in [-0.39, 0.29) is 42.0 Å². The molecule has 1 unspecified atom stereocenters. The number of carbonyl (C=O) groups is 2. The zero-order valence-corrected chi connectivity index (χ0v) is 19.7. The number of nitrogens with one attached hydrogen (secondary N) is 1. The van der Waals surface area contributed by atoms with Crippen LogP contribution >= 0.6 is 11.6 Å². The SMILES string of the molecule is CN=Cc1ccc(NC(=O)N2Cc3c(C(N)=O)c(-c4ccc(F)c(Cl)c4)nn3C(CCO)C2)cc1. The van der Waals surface area contributed by atoms with Crippen molar-refractivity contribution in [2.75, 3.05) is 25.5 Å². The molecule has 35 heavy (non-hydrogen) atoms. The number of amides is 3. The lowest BCUT2D eigenvalue weighted by molar-refractivity contribution is 0.0996. The van der Waals surface area contributed by atoms with Crippen LogP contribution in [0.2, 0.25) is 5.02 Å². The first-order chi connectivity index (χ1) is 16.8. The molecule has 1 aliphatic rings. The van der Waals surface area contributed by atoms with Gasteiger partial charge in [0, 0.05) is 37.7 Å². The van der Waals surface area contributed by atoms with Crippen molar-refractivity contribution >= 4 is 35.4 Å². The molecule has 0 aliphatic carbocycles. The maximum Gasteiger partial charge on any atom is 0.322 e. The van der Waals surface area contributed by atoms with Crippen LogP contribution in [-0.2, 0) is 6.54 Å². The fourth-order valence-corrected chi connectivity index (χ4v) is 4.31. The van der Waals surface area contributed by atoms with Gasteiger partial charge >= 0.3 is 6.03 Å². The molecule has 9 nitrogen and oxygen atoms in total. The van der Waals surface area contributed by atoms with Gasteiger partial charge in [0.15, 0.2) is 0 Å². The fraction of sp³-hybridized carbons (Fsp3) is 0.250. The first kappa shape index (κ1) is 24.4. The molecule has 3 amide bonds. The Morgan fingerprint density at radius 1 is 1.31 bits per heavy atom. The van der Waals surface area contributed by atoms with Crippen molar-refractivity contribution in [1.29, 1.82) is 0 Å². The van der Waals surface area contributed by atoms with Gasteiger partial charge in [-0.15, -0.1) is 0 Å². The van der Waals surface area contributed by atoms with Crippen LogP contribution in [0.1, 0.15) is 34.1 Å². The van der Waals surface area contributed by atoms with Crippen molar-refractivity contribution in [2.24, 2.45) is 10.7 Å². The van der Waals surface area contributed by atoms with Crippen molar-refractivity contribution in [1.82, 2.24) is 14.7 Å². The summed E-state index contributed by atoms with van der Waals surface area (Å²) in [7, 11) is 1.68. The maximum absolute atomic E-state index is 13.7. The Bertz CT molecular complexity index is 1290. The summed E-state index contributed by atoms with van der Waals surface area (Å²) < 4.78 is 15.3. The van der Waals surface area contributed by atoms with Gasteiger partial charge < -0.3 is 21.1 Å². The number of rotatable bonds is 6. The number of hydrogen-bond donors (Lipinski definition) is 3. The summed E-state index contributed by atoms with van der Waals surface area (Å²) in [4.78, 5) is 31.1. The Morgan fingerprint density at radius 3 is 2.69 bits per heavy atom. The fourth-order valence-electron chi connectivity index (χ4n) is 4.13. The van der Waals surface area contributed by atoms with Crippen LogP contribution in [-0.4, -0.2) is 58.1 Å². The van der Waals surface area contributed by atoms with E-state index in [2.05, 4.69) is 15.4 Å². The van der Waals surface area contributed by atoms with E-state index in [1.807, 2.05) is 12.1 Å². The summed E-state index contributed by atoms with van der Waals surface area (Å²) in [6.07, 6.45) is 2.00. The number of aliphatic hydroxyl groups is 1.